The minimum Gasteiger partial charge on any atom is -0.495 e. The van der Waals surface area contributed by atoms with Crippen molar-refractivity contribution in [3.63, 3.8) is 0 Å². The molecule has 0 atom stereocenters. The lowest BCUT2D eigenvalue weighted by Gasteiger charge is -2.04. The summed E-state index contributed by atoms with van der Waals surface area (Å²) >= 11 is 0. The number of rotatable bonds is 5. The molecule has 21 heavy (non-hydrogen) atoms. The van der Waals surface area contributed by atoms with Crippen LogP contribution in [0.25, 0.3) is 6.08 Å². The molecule has 1 amide bonds. The minimum atomic E-state index is -0.173. The number of anilines is 1. The van der Waals surface area contributed by atoms with E-state index in [4.69, 9.17) is 10.5 Å². The van der Waals surface area contributed by atoms with Crippen molar-refractivity contribution in [2.45, 2.75) is 6.54 Å². The fourth-order valence-corrected chi connectivity index (χ4v) is 1.78. The van der Waals surface area contributed by atoms with Gasteiger partial charge in [0.2, 0.25) is 5.91 Å². The van der Waals surface area contributed by atoms with E-state index >= 15 is 0 Å². The molecule has 0 aliphatic heterocycles. The van der Waals surface area contributed by atoms with Gasteiger partial charge in [-0.05, 0) is 35.4 Å². The Morgan fingerprint density at radius 3 is 2.95 bits per heavy atom. The van der Waals surface area contributed by atoms with Gasteiger partial charge < -0.3 is 15.8 Å². The summed E-state index contributed by atoms with van der Waals surface area (Å²) in [7, 11) is 1.56. The molecular weight excluding hydrogens is 266 g/mol. The normalized spacial score (nSPS) is 10.5. The van der Waals surface area contributed by atoms with E-state index in [1.165, 1.54) is 6.08 Å². The summed E-state index contributed by atoms with van der Waals surface area (Å²) in [4.78, 5) is 15.7. The van der Waals surface area contributed by atoms with E-state index in [0.717, 1.165) is 11.1 Å². The molecule has 1 aromatic carbocycles. The Balaban J connectivity index is 1.91. The van der Waals surface area contributed by atoms with Crippen molar-refractivity contribution in [1.29, 1.82) is 0 Å². The summed E-state index contributed by atoms with van der Waals surface area (Å²) in [5.74, 6) is 0.446. The van der Waals surface area contributed by atoms with Crippen LogP contribution in [0.3, 0.4) is 0 Å². The molecule has 1 aromatic heterocycles. The van der Waals surface area contributed by atoms with Crippen LogP contribution in [0.2, 0.25) is 0 Å². The van der Waals surface area contributed by atoms with Gasteiger partial charge in [-0.3, -0.25) is 9.78 Å². The molecule has 0 unspecified atom stereocenters. The molecule has 2 aromatic rings. The van der Waals surface area contributed by atoms with E-state index in [9.17, 15) is 4.79 Å². The summed E-state index contributed by atoms with van der Waals surface area (Å²) in [5, 5.41) is 2.78. The molecule has 0 bridgehead atoms. The van der Waals surface area contributed by atoms with Gasteiger partial charge in [0, 0.05) is 25.0 Å². The van der Waals surface area contributed by atoms with Crippen LogP contribution in [0.4, 0.5) is 5.69 Å². The average molecular weight is 283 g/mol. The van der Waals surface area contributed by atoms with Crippen LogP contribution in [0.5, 0.6) is 5.75 Å². The van der Waals surface area contributed by atoms with Gasteiger partial charge in [-0.25, -0.2) is 0 Å². The lowest BCUT2D eigenvalue weighted by atomic mass is 10.1. The summed E-state index contributed by atoms with van der Waals surface area (Å²) in [6, 6.07) is 9.09. The number of nitrogen functional groups attached to an aromatic ring is 1. The molecule has 5 heteroatoms. The highest BCUT2D eigenvalue weighted by molar-refractivity contribution is 5.91. The maximum absolute atomic E-state index is 11.7. The number of carbonyl (C=O) groups excluding carboxylic acids is 1. The third kappa shape index (κ3) is 4.35. The van der Waals surface area contributed by atoms with Gasteiger partial charge in [-0.2, -0.15) is 0 Å². The first-order valence-electron chi connectivity index (χ1n) is 6.47. The Kier molecular flexibility index (Phi) is 4.93. The van der Waals surface area contributed by atoms with Crippen LogP contribution in [0.1, 0.15) is 11.1 Å². The maximum atomic E-state index is 11.7. The minimum absolute atomic E-state index is 0.173. The fourth-order valence-electron chi connectivity index (χ4n) is 1.78. The number of pyridine rings is 1. The van der Waals surface area contributed by atoms with Gasteiger partial charge >= 0.3 is 0 Å². The molecule has 0 aliphatic carbocycles. The monoisotopic (exact) mass is 283 g/mol. The van der Waals surface area contributed by atoms with E-state index in [0.29, 0.717) is 18.0 Å². The molecule has 3 N–H and O–H groups in total. The lowest BCUT2D eigenvalue weighted by Crippen LogP contribution is -2.20. The summed E-state index contributed by atoms with van der Waals surface area (Å²) < 4.78 is 5.08. The lowest BCUT2D eigenvalue weighted by molar-refractivity contribution is -0.116. The Hall–Kier alpha value is -2.82. The third-order valence-electron chi connectivity index (χ3n) is 2.87. The number of amides is 1. The number of benzene rings is 1. The second-order valence-corrected chi connectivity index (χ2v) is 4.41. The van der Waals surface area contributed by atoms with Gasteiger partial charge in [0.05, 0.1) is 12.8 Å². The topological polar surface area (TPSA) is 77.2 Å². The van der Waals surface area contributed by atoms with Crippen molar-refractivity contribution in [3.05, 3.63) is 59.9 Å². The Bertz CT molecular complexity index is 639. The van der Waals surface area contributed by atoms with Crippen molar-refractivity contribution in [2.75, 3.05) is 12.8 Å². The Morgan fingerprint density at radius 2 is 2.29 bits per heavy atom. The zero-order chi connectivity index (χ0) is 15.1. The highest BCUT2D eigenvalue weighted by Crippen LogP contribution is 2.22. The highest BCUT2D eigenvalue weighted by atomic mass is 16.5. The van der Waals surface area contributed by atoms with Crippen molar-refractivity contribution in [2.24, 2.45) is 0 Å². The fraction of sp³-hybridized carbons (Fsp3) is 0.125. The quantitative estimate of drug-likeness (QED) is 0.650. The van der Waals surface area contributed by atoms with E-state index in [1.54, 1.807) is 37.7 Å². The second-order valence-electron chi connectivity index (χ2n) is 4.41. The number of hydrogen-bond donors (Lipinski definition) is 2. The number of carbonyl (C=O) groups is 1. The standard InChI is InChI=1S/C16H17N3O2/c1-21-15-6-4-12(9-14(15)17)5-7-16(20)19-11-13-3-2-8-18-10-13/h2-10H,11,17H2,1H3,(H,19,20)/b7-5+. The van der Waals surface area contributed by atoms with Crippen LogP contribution >= 0.6 is 0 Å². The summed E-state index contributed by atoms with van der Waals surface area (Å²) in [5.41, 5.74) is 8.13. The largest absolute Gasteiger partial charge is 0.495 e. The van der Waals surface area contributed by atoms with Crippen LogP contribution in [0, 0.1) is 0 Å². The third-order valence-corrected chi connectivity index (χ3v) is 2.87. The molecule has 0 fully saturated rings. The molecule has 0 saturated heterocycles. The van der Waals surface area contributed by atoms with E-state index in [-0.39, 0.29) is 5.91 Å². The van der Waals surface area contributed by atoms with Crippen molar-refractivity contribution in [1.82, 2.24) is 10.3 Å². The SMILES string of the molecule is COc1ccc(/C=C/C(=O)NCc2cccnc2)cc1N. The predicted molar refractivity (Wildman–Crippen MR) is 82.5 cm³/mol. The van der Waals surface area contributed by atoms with E-state index in [1.807, 2.05) is 18.2 Å². The number of nitrogens with two attached hydrogens (primary N) is 1. The van der Waals surface area contributed by atoms with Crippen LogP contribution in [-0.2, 0) is 11.3 Å². The number of nitrogens with one attached hydrogen (secondary N) is 1. The molecule has 2 rings (SSSR count). The first-order valence-corrected chi connectivity index (χ1v) is 6.47. The molecule has 0 radical (unpaired) electrons. The first kappa shape index (κ1) is 14.6. The number of methoxy groups -OCH3 is 1. The molecule has 108 valence electrons. The molecule has 0 saturated carbocycles. The average Bonchev–Trinajstić information content (AvgIpc) is 2.52. The predicted octanol–water partition coefficient (Wildman–Crippen LogP) is 2.00. The molecule has 0 spiro atoms. The van der Waals surface area contributed by atoms with Crippen LogP contribution in [0.15, 0.2) is 48.8 Å². The van der Waals surface area contributed by atoms with E-state index in [2.05, 4.69) is 10.3 Å². The second kappa shape index (κ2) is 7.09. The van der Waals surface area contributed by atoms with Gasteiger partial charge in [-0.15, -0.1) is 0 Å². The van der Waals surface area contributed by atoms with Crippen LogP contribution < -0.4 is 15.8 Å². The van der Waals surface area contributed by atoms with Gasteiger partial charge in [-0.1, -0.05) is 12.1 Å². The Labute approximate surface area is 123 Å². The van der Waals surface area contributed by atoms with Crippen LogP contribution in [-0.4, -0.2) is 18.0 Å². The number of hydrogen-bond acceptors (Lipinski definition) is 4. The van der Waals surface area contributed by atoms with Gasteiger partial charge in [0.15, 0.2) is 0 Å². The van der Waals surface area contributed by atoms with Crippen molar-refractivity contribution >= 4 is 17.7 Å². The van der Waals surface area contributed by atoms with Gasteiger partial charge in [0.25, 0.3) is 0 Å². The van der Waals surface area contributed by atoms with Crippen molar-refractivity contribution < 1.29 is 9.53 Å². The molecule has 0 aliphatic rings. The molecule has 5 nitrogen and oxygen atoms in total. The van der Waals surface area contributed by atoms with Crippen molar-refractivity contribution in [3.8, 4) is 5.75 Å². The number of ether oxygens (including phenoxy) is 1. The van der Waals surface area contributed by atoms with Gasteiger partial charge in [0.1, 0.15) is 5.75 Å². The highest BCUT2D eigenvalue weighted by Gasteiger charge is 2.00. The number of aromatic nitrogens is 1. The zero-order valence-electron chi connectivity index (χ0n) is 11.7. The molecule has 1 heterocycles. The summed E-state index contributed by atoms with van der Waals surface area (Å²) in [6.07, 6.45) is 6.58. The first-order chi connectivity index (χ1) is 10.2. The summed E-state index contributed by atoms with van der Waals surface area (Å²) in [6.45, 7) is 0.446. The number of nitrogens with zero attached hydrogens (tertiary/aromatic N) is 1. The van der Waals surface area contributed by atoms with E-state index < -0.39 is 0 Å². The molecular formula is C16H17N3O2. The smallest absolute Gasteiger partial charge is 0.244 e. The Morgan fingerprint density at radius 1 is 1.43 bits per heavy atom. The maximum Gasteiger partial charge on any atom is 0.244 e. The zero-order valence-corrected chi connectivity index (χ0v) is 11.7.